The number of guanidine groups is 1. The van der Waals surface area contributed by atoms with Crippen LogP contribution in [0.2, 0.25) is 10.0 Å². The first-order valence-electron chi connectivity index (χ1n) is 12.2. The molecule has 0 radical (unpaired) electrons. The van der Waals surface area contributed by atoms with E-state index >= 15 is 0 Å². The Kier molecular flexibility index (Phi) is 7.81. The molecular weight excluding hydrogens is 529 g/mol. The van der Waals surface area contributed by atoms with Crippen molar-refractivity contribution in [3.63, 3.8) is 0 Å². The molecule has 7 nitrogen and oxygen atoms in total. The van der Waals surface area contributed by atoms with E-state index in [9.17, 15) is 8.42 Å². The van der Waals surface area contributed by atoms with Crippen LogP contribution in [0.3, 0.4) is 0 Å². The maximum Gasteiger partial charge on any atom is 0.285 e. The molecule has 0 amide bonds. The lowest BCUT2D eigenvalue weighted by atomic mass is 9.91. The van der Waals surface area contributed by atoms with Gasteiger partial charge in [0.05, 0.1) is 17.2 Å². The molecule has 1 atom stereocenters. The predicted octanol–water partition coefficient (Wildman–Crippen LogP) is 5.53. The maximum atomic E-state index is 13.3. The Hall–Kier alpha value is -2.91. The van der Waals surface area contributed by atoms with Crippen molar-refractivity contribution < 1.29 is 8.42 Å². The van der Waals surface area contributed by atoms with Gasteiger partial charge in [0.2, 0.25) is 5.96 Å². The molecule has 1 fully saturated rings. The highest BCUT2D eigenvalue weighted by Crippen LogP contribution is 2.30. The number of hydrazone groups is 1. The summed E-state index contributed by atoms with van der Waals surface area (Å²) in [6, 6.07) is 23.6. The van der Waals surface area contributed by atoms with Gasteiger partial charge in [-0.2, -0.15) is 13.5 Å². The number of hydrogen-bond donors (Lipinski definition) is 1. The van der Waals surface area contributed by atoms with Gasteiger partial charge in [-0.1, -0.05) is 72.1 Å². The standard InChI is InChI=1S/C27H27Cl2N5O2S/c28-22-11-9-21(10-12-22)26-25(20-7-3-1-4-8-20)19-34(30-26)27(31-33-17-5-2-6-18-33)32-37(35,36)24-15-13-23(29)14-16-24/h1,3-4,7-16,25H,2,5-6,17-19H2,(H,31,32). The van der Waals surface area contributed by atoms with E-state index in [1.807, 2.05) is 47.5 Å². The highest BCUT2D eigenvalue weighted by Gasteiger charge is 2.33. The number of sulfonamides is 1. The van der Waals surface area contributed by atoms with E-state index in [4.69, 9.17) is 28.3 Å². The average molecular weight is 557 g/mol. The molecule has 0 saturated carbocycles. The predicted molar refractivity (Wildman–Crippen MR) is 149 cm³/mol. The second kappa shape index (κ2) is 11.2. The zero-order valence-corrected chi connectivity index (χ0v) is 22.4. The van der Waals surface area contributed by atoms with E-state index in [0.717, 1.165) is 49.2 Å². The van der Waals surface area contributed by atoms with Gasteiger partial charge in [0.25, 0.3) is 10.0 Å². The molecule has 2 heterocycles. The van der Waals surface area contributed by atoms with Crippen molar-refractivity contribution in [3.8, 4) is 0 Å². The third-order valence-corrected chi connectivity index (χ3v) is 8.22. The van der Waals surface area contributed by atoms with E-state index in [1.54, 1.807) is 17.1 Å². The summed E-state index contributed by atoms with van der Waals surface area (Å²) in [5, 5.41) is 9.66. The van der Waals surface area contributed by atoms with Crippen molar-refractivity contribution >= 4 is 44.9 Å². The zero-order valence-electron chi connectivity index (χ0n) is 20.1. The summed E-state index contributed by atoms with van der Waals surface area (Å²) < 4.78 is 30.9. The number of benzene rings is 3. The van der Waals surface area contributed by atoms with E-state index < -0.39 is 10.0 Å². The maximum absolute atomic E-state index is 13.3. The van der Waals surface area contributed by atoms with Crippen LogP contribution in [0.1, 0.15) is 36.3 Å². The number of rotatable bonds is 5. The van der Waals surface area contributed by atoms with E-state index in [2.05, 4.69) is 22.0 Å². The van der Waals surface area contributed by atoms with Crippen molar-refractivity contribution in [1.29, 1.82) is 0 Å². The van der Waals surface area contributed by atoms with Gasteiger partial charge in [0.1, 0.15) is 0 Å². The number of piperidine rings is 1. The van der Waals surface area contributed by atoms with Gasteiger partial charge in [-0.25, -0.2) is 10.0 Å². The fraction of sp³-hybridized carbons (Fsp3) is 0.259. The summed E-state index contributed by atoms with van der Waals surface area (Å²) in [7, 11) is -4.02. The molecule has 0 spiro atoms. The first-order chi connectivity index (χ1) is 17.9. The zero-order chi connectivity index (χ0) is 25.8. The van der Waals surface area contributed by atoms with Crippen LogP contribution in [0, 0.1) is 0 Å². The lowest BCUT2D eigenvalue weighted by molar-refractivity contribution is 0.184. The molecular formula is C27H27Cl2N5O2S. The summed E-state index contributed by atoms with van der Waals surface area (Å²) in [6.45, 7) is 2.02. The monoisotopic (exact) mass is 555 g/mol. The van der Waals surface area contributed by atoms with Crippen LogP contribution in [-0.2, 0) is 10.0 Å². The molecule has 37 heavy (non-hydrogen) atoms. The average Bonchev–Trinajstić information content (AvgIpc) is 3.36. The Bertz CT molecular complexity index is 1390. The molecule has 1 unspecified atom stereocenters. The number of hydrogen-bond acceptors (Lipinski definition) is 4. The number of hydrazine groups is 1. The topological polar surface area (TPSA) is 77.4 Å². The Morgan fingerprint density at radius 2 is 1.49 bits per heavy atom. The van der Waals surface area contributed by atoms with Gasteiger partial charge in [-0.3, -0.25) is 5.43 Å². The van der Waals surface area contributed by atoms with E-state index in [1.165, 1.54) is 12.1 Å². The lowest BCUT2D eigenvalue weighted by Crippen LogP contribution is -2.50. The number of halogens is 2. The Balaban J connectivity index is 1.55. The van der Waals surface area contributed by atoms with Crippen molar-refractivity contribution in [2.75, 3.05) is 19.6 Å². The van der Waals surface area contributed by atoms with Gasteiger partial charge in [0.15, 0.2) is 0 Å². The van der Waals surface area contributed by atoms with Crippen LogP contribution in [0.15, 0.2) is 93.3 Å². The van der Waals surface area contributed by atoms with Gasteiger partial charge >= 0.3 is 0 Å². The third kappa shape index (κ3) is 6.15. The summed E-state index contributed by atoms with van der Waals surface area (Å²) in [5.41, 5.74) is 6.08. The fourth-order valence-electron chi connectivity index (χ4n) is 4.51. The van der Waals surface area contributed by atoms with E-state index in [-0.39, 0.29) is 16.8 Å². The fourth-order valence-corrected chi connectivity index (χ4v) is 5.71. The molecule has 5 rings (SSSR count). The molecule has 1 N–H and O–H groups in total. The number of nitrogens with zero attached hydrogens (tertiary/aromatic N) is 4. The largest absolute Gasteiger partial charge is 0.287 e. The second-order valence-corrected chi connectivity index (χ2v) is 11.5. The highest BCUT2D eigenvalue weighted by atomic mass is 35.5. The number of nitrogens with one attached hydrogen (secondary N) is 1. The molecule has 2 aliphatic rings. The van der Waals surface area contributed by atoms with Crippen molar-refractivity contribution in [2.24, 2.45) is 9.50 Å². The molecule has 3 aromatic carbocycles. The summed E-state index contributed by atoms with van der Waals surface area (Å²) >= 11 is 12.1. The molecule has 3 aromatic rings. The first kappa shape index (κ1) is 25.7. The first-order valence-corrected chi connectivity index (χ1v) is 14.4. The van der Waals surface area contributed by atoms with Crippen molar-refractivity contribution in [2.45, 2.75) is 30.1 Å². The quantitative estimate of drug-likeness (QED) is 0.330. The molecule has 2 aliphatic heterocycles. The normalized spacial score (nSPS) is 19.1. The van der Waals surface area contributed by atoms with Crippen LogP contribution in [0.4, 0.5) is 0 Å². The van der Waals surface area contributed by atoms with Gasteiger partial charge in [-0.05, 0) is 60.4 Å². The molecule has 192 valence electrons. The van der Waals surface area contributed by atoms with E-state index in [0.29, 0.717) is 16.6 Å². The van der Waals surface area contributed by atoms with Crippen molar-refractivity contribution in [1.82, 2.24) is 15.4 Å². The third-order valence-electron chi connectivity index (χ3n) is 6.43. The summed E-state index contributed by atoms with van der Waals surface area (Å²) in [5.74, 6) is 0.0794. The smallest absolute Gasteiger partial charge is 0.285 e. The Labute approximate surface area is 227 Å². The molecule has 0 aromatic heterocycles. The van der Waals surface area contributed by atoms with Crippen LogP contribution in [0.25, 0.3) is 0 Å². The highest BCUT2D eigenvalue weighted by molar-refractivity contribution is 7.90. The van der Waals surface area contributed by atoms with Crippen molar-refractivity contribution in [3.05, 3.63) is 100 Å². The lowest BCUT2D eigenvalue weighted by Gasteiger charge is -2.30. The minimum atomic E-state index is -4.02. The Morgan fingerprint density at radius 3 is 2.14 bits per heavy atom. The molecule has 0 aliphatic carbocycles. The minimum Gasteiger partial charge on any atom is -0.287 e. The second-order valence-electron chi connectivity index (χ2n) is 9.04. The van der Waals surface area contributed by atoms with Crippen LogP contribution >= 0.6 is 23.2 Å². The summed E-state index contributed by atoms with van der Waals surface area (Å²) in [6.07, 6.45) is 3.19. The molecule has 0 bridgehead atoms. The minimum absolute atomic E-state index is 0.0653. The van der Waals surface area contributed by atoms with Gasteiger partial charge in [0, 0.05) is 29.1 Å². The van der Waals surface area contributed by atoms with Crippen LogP contribution in [-0.4, -0.2) is 49.7 Å². The Morgan fingerprint density at radius 1 is 0.865 bits per heavy atom. The van der Waals surface area contributed by atoms with Gasteiger partial charge in [-0.15, -0.1) is 4.40 Å². The SMILES string of the molecule is O=S(=O)(/N=C(\NN1CCCCC1)N1CC(c2ccccc2)C(c2ccc(Cl)cc2)=N1)c1ccc(Cl)cc1. The van der Waals surface area contributed by atoms with Crippen LogP contribution in [0.5, 0.6) is 0 Å². The van der Waals surface area contributed by atoms with Crippen LogP contribution < -0.4 is 5.43 Å². The summed E-state index contributed by atoms with van der Waals surface area (Å²) in [4.78, 5) is 0.0653. The molecule has 10 heteroatoms. The van der Waals surface area contributed by atoms with Gasteiger partial charge < -0.3 is 0 Å². The molecule has 1 saturated heterocycles.